The normalized spacial score (nSPS) is 11.2. The van der Waals surface area contributed by atoms with Gasteiger partial charge in [-0.1, -0.05) is 38.8 Å². The predicted molar refractivity (Wildman–Crippen MR) is 79.7 cm³/mol. The van der Waals surface area contributed by atoms with Crippen molar-refractivity contribution in [1.29, 1.82) is 0 Å². The third-order valence-corrected chi connectivity index (χ3v) is 3.75. The van der Waals surface area contributed by atoms with Crippen molar-refractivity contribution in [1.82, 2.24) is 14.8 Å². The van der Waals surface area contributed by atoms with E-state index >= 15 is 0 Å². The minimum absolute atomic E-state index is 0.793. The zero-order valence-electron chi connectivity index (χ0n) is 10.4. The number of hydrogen-bond donors (Lipinski definition) is 0. The van der Waals surface area contributed by atoms with Gasteiger partial charge in [0.05, 0.1) is 6.20 Å². The maximum absolute atomic E-state index is 4.52. The Bertz CT molecular complexity index is 929. The van der Waals surface area contributed by atoms with E-state index in [1.807, 2.05) is 57.7 Å². The van der Waals surface area contributed by atoms with Gasteiger partial charge in [-0.3, -0.25) is 0 Å². The van der Waals surface area contributed by atoms with Crippen LogP contribution in [0.1, 0.15) is 0 Å². The smallest absolute Gasteiger partial charge is 0.190 e. The summed E-state index contributed by atoms with van der Waals surface area (Å²) in [6, 6.07) is 16.1. The molecule has 0 aliphatic carbocycles. The van der Waals surface area contributed by atoms with Gasteiger partial charge >= 0.3 is 5.78 Å². The second-order valence-corrected chi connectivity index (χ2v) is 5.43. The average Bonchev–Trinajstić information content (AvgIpc) is 2.91. The highest BCUT2D eigenvalue weighted by atomic mass is 79.9. The molecule has 5 heteroatoms. The molecule has 0 aliphatic rings. The van der Waals surface area contributed by atoms with E-state index in [9.17, 15) is 0 Å². The molecule has 0 saturated heterocycles. The Morgan fingerprint density at radius 1 is 1.05 bits per heavy atom. The molecule has 0 unspecified atom stereocenters. The third-order valence-electron chi connectivity index (χ3n) is 3.26. The van der Waals surface area contributed by atoms with Gasteiger partial charge in [-0.15, -0.1) is 4.98 Å². The number of fused-ring (bicyclic) bond motifs is 3. The molecule has 2 aromatic carbocycles. The zero-order valence-corrected chi connectivity index (χ0v) is 12.0. The number of aromatic nitrogens is 4. The molecule has 0 fully saturated rings. The lowest BCUT2D eigenvalue weighted by molar-refractivity contribution is -0.484. The number of hydrogen-bond acceptors (Lipinski definition) is 2. The Morgan fingerprint density at radius 3 is 2.85 bits per heavy atom. The van der Waals surface area contributed by atoms with Crippen LogP contribution in [-0.2, 0) is 0 Å². The van der Waals surface area contributed by atoms with Crippen LogP contribution in [0.15, 0.2) is 65.5 Å². The number of nitrogens with zero attached hydrogens (tertiary/aromatic N) is 4. The molecule has 20 heavy (non-hydrogen) atoms. The zero-order chi connectivity index (χ0) is 13.5. The molecule has 2 heterocycles. The summed E-state index contributed by atoms with van der Waals surface area (Å²) >= 11 is 3.48. The fraction of sp³-hybridized carbons (Fsp3) is 0. The van der Waals surface area contributed by atoms with Gasteiger partial charge in [0.1, 0.15) is 11.2 Å². The first-order valence-corrected chi connectivity index (χ1v) is 7.01. The van der Waals surface area contributed by atoms with Crippen LogP contribution in [0.2, 0.25) is 0 Å². The quantitative estimate of drug-likeness (QED) is 0.504. The Labute approximate surface area is 123 Å². The molecule has 0 radical (unpaired) electrons. The van der Waals surface area contributed by atoms with Crippen LogP contribution in [0.4, 0.5) is 0 Å². The first-order chi connectivity index (χ1) is 9.83. The fourth-order valence-corrected chi connectivity index (χ4v) is 2.72. The summed E-state index contributed by atoms with van der Waals surface area (Å²) in [5.41, 5.74) is 2.07. The van der Waals surface area contributed by atoms with Crippen LogP contribution in [0.5, 0.6) is 0 Å². The van der Waals surface area contributed by atoms with Crippen LogP contribution in [0.25, 0.3) is 22.4 Å². The largest absolute Gasteiger partial charge is 0.392 e. The van der Waals surface area contributed by atoms with E-state index in [1.54, 1.807) is 6.33 Å². The number of benzene rings is 2. The molecule has 4 aromatic rings. The lowest BCUT2D eigenvalue weighted by Gasteiger charge is -1.97. The molecule has 4 rings (SSSR count). The van der Waals surface area contributed by atoms with Crippen molar-refractivity contribution in [3.05, 3.63) is 65.5 Å². The molecule has 0 aliphatic heterocycles. The maximum atomic E-state index is 4.52. The standard InChI is InChI=1S/C15H10BrN4/c16-12-5-3-6-13(8-12)20-15-17-9-11-4-1-2-7-14(11)19(15)10-18-20/h1-10H/q+1. The highest BCUT2D eigenvalue weighted by molar-refractivity contribution is 9.10. The summed E-state index contributed by atoms with van der Waals surface area (Å²) in [5, 5.41) is 5.55. The molecule has 96 valence electrons. The van der Waals surface area contributed by atoms with Crippen molar-refractivity contribution in [3.8, 4) is 5.69 Å². The highest BCUT2D eigenvalue weighted by Gasteiger charge is 2.16. The van der Waals surface area contributed by atoms with E-state index in [-0.39, 0.29) is 0 Å². The minimum Gasteiger partial charge on any atom is -0.190 e. The molecule has 0 N–H and O–H groups in total. The Morgan fingerprint density at radius 2 is 1.95 bits per heavy atom. The molecule has 0 atom stereocenters. The van der Waals surface area contributed by atoms with Crippen molar-refractivity contribution < 1.29 is 4.40 Å². The van der Waals surface area contributed by atoms with Crippen LogP contribution in [0, 0.1) is 0 Å². The summed E-state index contributed by atoms with van der Waals surface area (Å²) in [5.74, 6) is 0.793. The van der Waals surface area contributed by atoms with E-state index in [1.165, 1.54) is 0 Å². The van der Waals surface area contributed by atoms with E-state index in [0.29, 0.717) is 0 Å². The van der Waals surface area contributed by atoms with E-state index < -0.39 is 0 Å². The Kier molecular flexibility index (Phi) is 2.53. The highest BCUT2D eigenvalue weighted by Crippen LogP contribution is 2.16. The second kappa shape index (κ2) is 4.38. The van der Waals surface area contributed by atoms with Crippen LogP contribution >= 0.6 is 15.9 Å². The van der Waals surface area contributed by atoms with Crippen LogP contribution < -0.4 is 4.40 Å². The summed E-state index contributed by atoms with van der Waals surface area (Å²) in [4.78, 5) is 4.52. The lowest BCUT2D eigenvalue weighted by atomic mass is 10.2. The molecule has 0 spiro atoms. The summed E-state index contributed by atoms with van der Waals surface area (Å²) in [6.45, 7) is 0. The van der Waals surface area contributed by atoms with Gasteiger partial charge < -0.3 is 0 Å². The number of rotatable bonds is 1. The summed E-state index contributed by atoms with van der Waals surface area (Å²) < 4.78 is 4.84. The summed E-state index contributed by atoms with van der Waals surface area (Å²) in [7, 11) is 0. The van der Waals surface area contributed by atoms with Crippen molar-refractivity contribution in [2.45, 2.75) is 0 Å². The Balaban J connectivity index is 2.05. The van der Waals surface area contributed by atoms with Crippen molar-refractivity contribution in [2.75, 3.05) is 0 Å². The predicted octanol–water partition coefficient (Wildman–Crippen LogP) is 2.92. The van der Waals surface area contributed by atoms with Gasteiger partial charge in [-0.2, -0.15) is 4.40 Å². The van der Waals surface area contributed by atoms with E-state index in [4.69, 9.17) is 0 Å². The van der Waals surface area contributed by atoms with Crippen LogP contribution in [0.3, 0.4) is 0 Å². The molecule has 0 bridgehead atoms. The van der Waals surface area contributed by atoms with Crippen LogP contribution in [-0.4, -0.2) is 14.8 Å². The molecule has 0 amide bonds. The first-order valence-electron chi connectivity index (χ1n) is 6.22. The van der Waals surface area contributed by atoms with Gasteiger partial charge in [-0.05, 0) is 35.4 Å². The van der Waals surface area contributed by atoms with Gasteiger partial charge in [-0.25, -0.2) is 0 Å². The summed E-state index contributed by atoms with van der Waals surface area (Å²) in [6.07, 6.45) is 3.67. The lowest BCUT2D eigenvalue weighted by Crippen LogP contribution is -2.22. The van der Waals surface area contributed by atoms with Crippen molar-refractivity contribution >= 4 is 32.6 Å². The number of para-hydroxylation sites is 1. The monoisotopic (exact) mass is 325 g/mol. The van der Waals surface area contributed by atoms with Gasteiger partial charge in [0.15, 0.2) is 0 Å². The van der Waals surface area contributed by atoms with E-state index in [0.717, 1.165) is 26.8 Å². The third kappa shape index (κ3) is 1.71. The van der Waals surface area contributed by atoms with Gasteiger partial charge in [0.2, 0.25) is 6.33 Å². The van der Waals surface area contributed by atoms with Crippen molar-refractivity contribution in [3.63, 3.8) is 0 Å². The van der Waals surface area contributed by atoms with E-state index in [2.05, 4.69) is 32.1 Å². The second-order valence-electron chi connectivity index (χ2n) is 4.51. The minimum atomic E-state index is 0.793. The molecule has 0 saturated carbocycles. The fourth-order valence-electron chi connectivity index (χ4n) is 2.33. The van der Waals surface area contributed by atoms with Crippen molar-refractivity contribution in [2.24, 2.45) is 0 Å². The Hall–Kier alpha value is -2.27. The molecular weight excluding hydrogens is 316 g/mol. The topological polar surface area (TPSA) is 34.8 Å². The SMILES string of the molecule is Brc1cccc(-n2nc[n+]3c4ccccc4cnc23)c1. The molecule has 2 aromatic heterocycles. The average molecular weight is 326 g/mol. The molecular formula is C15H10BrN4+. The number of halogens is 1. The van der Waals surface area contributed by atoms with Gasteiger partial charge in [0.25, 0.3) is 0 Å². The molecule has 4 nitrogen and oxygen atoms in total. The maximum Gasteiger partial charge on any atom is 0.392 e. The van der Waals surface area contributed by atoms with Gasteiger partial charge in [0, 0.05) is 9.86 Å². The first kappa shape index (κ1) is 11.5.